The van der Waals surface area contributed by atoms with E-state index < -0.39 is 0 Å². The molecule has 0 saturated heterocycles. The molecule has 0 N–H and O–H groups in total. The maximum Gasteiger partial charge on any atom is 0.254 e. The number of pyridine rings is 2. The van der Waals surface area contributed by atoms with E-state index in [2.05, 4.69) is 34.6 Å². The van der Waals surface area contributed by atoms with Crippen molar-refractivity contribution in [3.05, 3.63) is 68.5 Å². The minimum Gasteiger partial charge on any atom is -0.318 e. The van der Waals surface area contributed by atoms with Crippen LogP contribution in [0.15, 0.2) is 46.2 Å². The van der Waals surface area contributed by atoms with Crippen LogP contribution in [0.4, 0.5) is 0 Å². The second kappa shape index (κ2) is 7.03. The van der Waals surface area contributed by atoms with Crippen molar-refractivity contribution in [2.45, 2.75) is 64.8 Å². The van der Waals surface area contributed by atoms with Gasteiger partial charge >= 0.3 is 0 Å². The zero-order valence-corrected chi connectivity index (χ0v) is 16.3. The molecule has 0 radical (unpaired) electrons. The highest BCUT2D eigenvalue weighted by Crippen LogP contribution is 2.26. The van der Waals surface area contributed by atoms with Gasteiger partial charge in [0, 0.05) is 37.1 Å². The molecule has 2 rings (SSSR count). The quantitative estimate of drug-likeness (QED) is 0.833. The summed E-state index contributed by atoms with van der Waals surface area (Å²) in [5, 5.41) is 0. The van der Waals surface area contributed by atoms with E-state index in [0.29, 0.717) is 6.54 Å². The Kier molecular flexibility index (Phi) is 5.40. The first kappa shape index (κ1) is 19.2. The topological polar surface area (TPSA) is 44.0 Å². The number of aromatic nitrogens is 2. The summed E-state index contributed by atoms with van der Waals surface area (Å²) in [6, 6.07) is 7.68. The highest BCUT2D eigenvalue weighted by Gasteiger charge is 2.24. The molecule has 0 bridgehead atoms. The summed E-state index contributed by atoms with van der Waals surface area (Å²) in [5.74, 6) is 0. The van der Waals surface area contributed by atoms with Gasteiger partial charge in [0.25, 0.3) is 11.1 Å². The van der Waals surface area contributed by atoms with E-state index in [9.17, 15) is 9.59 Å². The predicted octanol–water partition coefficient (Wildman–Crippen LogP) is 3.60. The van der Waals surface area contributed by atoms with Gasteiger partial charge in [-0.1, -0.05) is 46.8 Å². The van der Waals surface area contributed by atoms with Crippen LogP contribution in [0.3, 0.4) is 0 Å². The Morgan fingerprint density at radius 3 is 2.12 bits per heavy atom. The van der Waals surface area contributed by atoms with Crippen LogP contribution in [-0.2, 0) is 24.4 Å². The van der Waals surface area contributed by atoms with Gasteiger partial charge in [-0.2, -0.15) is 0 Å². The van der Waals surface area contributed by atoms with E-state index in [1.807, 2.05) is 30.5 Å². The number of hydrogen-bond donors (Lipinski definition) is 0. The summed E-state index contributed by atoms with van der Waals surface area (Å²) in [5.41, 5.74) is 1.43. The van der Waals surface area contributed by atoms with Gasteiger partial charge < -0.3 is 9.13 Å². The van der Waals surface area contributed by atoms with Crippen LogP contribution in [0.1, 0.15) is 58.6 Å². The average molecular weight is 342 g/mol. The van der Waals surface area contributed by atoms with E-state index >= 15 is 0 Å². The number of nitrogens with zero attached hydrogens (tertiary/aromatic N) is 2. The minimum atomic E-state index is -0.221. The first-order chi connectivity index (χ1) is 11.5. The lowest BCUT2D eigenvalue weighted by molar-refractivity contribution is 0.428. The first-order valence-electron chi connectivity index (χ1n) is 8.90. The second-order valence-electron chi connectivity index (χ2n) is 8.50. The molecule has 0 unspecified atom stereocenters. The number of rotatable bonds is 5. The summed E-state index contributed by atoms with van der Waals surface area (Å²) in [4.78, 5) is 25.0. The molecule has 0 saturated carbocycles. The monoisotopic (exact) mass is 342 g/mol. The zero-order valence-electron chi connectivity index (χ0n) is 16.3. The molecule has 0 aliphatic carbocycles. The van der Waals surface area contributed by atoms with Gasteiger partial charge in [-0.3, -0.25) is 9.59 Å². The van der Waals surface area contributed by atoms with Crippen LogP contribution < -0.4 is 11.1 Å². The standard InChI is InChI=1S/C21H30N2O2/c1-20(2,3)16-10-8-14-23(19(16)25)15-9-12-21(4,5)17-11-7-13-22(6)18(17)24/h7-8,10-11,13-14H,9,12,15H2,1-6H3. The van der Waals surface area contributed by atoms with Gasteiger partial charge in [0.2, 0.25) is 0 Å². The van der Waals surface area contributed by atoms with Crippen molar-refractivity contribution in [1.29, 1.82) is 0 Å². The average Bonchev–Trinajstić information content (AvgIpc) is 2.50. The fraction of sp³-hybridized carbons (Fsp3) is 0.524. The highest BCUT2D eigenvalue weighted by atomic mass is 16.1. The van der Waals surface area contributed by atoms with E-state index in [4.69, 9.17) is 0 Å². The van der Waals surface area contributed by atoms with Crippen molar-refractivity contribution < 1.29 is 0 Å². The number of aryl methyl sites for hydroxylation is 2. The summed E-state index contributed by atoms with van der Waals surface area (Å²) in [6.07, 6.45) is 5.32. The van der Waals surface area contributed by atoms with Gasteiger partial charge in [-0.05, 0) is 35.8 Å². The molecule has 25 heavy (non-hydrogen) atoms. The Labute approximate surface area is 150 Å². The van der Waals surface area contributed by atoms with Crippen molar-refractivity contribution in [3.8, 4) is 0 Å². The second-order valence-corrected chi connectivity index (χ2v) is 8.50. The molecule has 2 aromatic rings. The van der Waals surface area contributed by atoms with Gasteiger partial charge in [-0.15, -0.1) is 0 Å². The van der Waals surface area contributed by atoms with Gasteiger partial charge in [0.05, 0.1) is 0 Å². The lowest BCUT2D eigenvalue weighted by Crippen LogP contribution is -2.32. The van der Waals surface area contributed by atoms with E-state index in [1.54, 1.807) is 22.4 Å². The van der Waals surface area contributed by atoms with Crippen molar-refractivity contribution in [2.75, 3.05) is 0 Å². The van der Waals surface area contributed by atoms with Crippen LogP contribution in [0, 0.1) is 0 Å². The molecule has 0 amide bonds. The molecule has 2 aromatic heterocycles. The molecule has 2 heterocycles. The van der Waals surface area contributed by atoms with Crippen molar-refractivity contribution in [1.82, 2.24) is 9.13 Å². The van der Waals surface area contributed by atoms with Gasteiger partial charge in [-0.25, -0.2) is 0 Å². The Morgan fingerprint density at radius 1 is 0.880 bits per heavy atom. The Bertz CT molecular complexity index is 851. The molecule has 4 heteroatoms. The van der Waals surface area contributed by atoms with Crippen LogP contribution in [0.5, 0.6) is 0 Å². The number of hydrogen-bond acceptors (Lipinski definition) is 2. The lowest BCUT2D eigenvalue weighted by Gasteiger charge is -2.25. The lowest BCUT2D eigenvalue weighted by atomic mass is 9.81. The normalized spacial score (nSPS) is 12.4. The van der Waals surface area contributed by atoms with E-state index in [-0.39, 0.29) is 21.9 Å². The summed E-state index contributed by atoms with van der Waals surface area (Å²) >= 11 is 0. The largest absolute Gasteiger partial charge is 0.318 e. The third-order valence-corrected chi connectivity index (χ3v) is 4.88. The van der Waals surface area contributed by atoms with E-state index in [1.165, 1.54) is 0 Å². The molecule has 0 aliphatic rings. The van der Waals surface area contributed by atoms with E-state index in [0.717, 1.165) is 24.0 Å². The third kappa shape index (κ3) is 4.30. The smallest absolute Gasteiger partial charge is 0.254 e. The fourth-order valence-corrected chi connectivity index (χ4v) is 3.22. The Morgan fingerprint density at radius 2 is 1.48 bits per heavy atom. The third-order valence-electron chi connectivity index (χ3n) is 4.88. The SMILES string of the molecule is Cn1cccc(C(C)(C)CCCn2cccc(C(C)(C)C)c2=O)c1=O. The molecule has 0 atom stereocenters. The minimum absolute atomic E-state index is 0.0550. The molecule has 0 spiro atoms. The fourth-order valence-electron chi connectivity index (χ4n) is 3.22. The van der Waals surface area contributed by atoms with Crippen LogP contribution >= 0.6 is 0 Å². The molecular formula is C21H30N2O2. The molecular weight excluding hydrogens is 312 g/mol. The first-order valence-corrected chi connectivity index (χ1v) is 8.90. The summed E-state index contributed by atoms with van der Waals surface area (Å²) in [7, 11) is 1.78. The highest BCUT2D eigenvalue weighted by molar-refractivity contribution is 5.21. The van der Waals surface area contributed by atoms with Crippen molar-refractivity contribution in [2.24, 2.45) is 7.05 Å². The van der Waals surface area contributed by atoms with Crippen LogP contribution in [-0.4, -0.2) is 9.13 Å². The maximum atomic E-state index is 12.6. The summed E-state index contributed by atoms with van der Waals surface area (Å²) in [6.45, 7) is 11.0. The van der Waals surface area contributed by atoms with Crippen LogP contribution in [0.2, 0.25) is 0 Å². The maximum absolute atomic E-state index is 12.6. The molecule has 0 fully saturated rings. The van der Waals surface area contributed by atoms with Crippen LogP contribution in [0.25, 0.3) is 0 Å². The van der Waals surface area contributed by atoms with Gasteiger partial charge in [0.15, 0.2) is 0 Å². The Hall–Kier alpha value is -2.10. The summed E-state index contributed by atoms with van der Waals surface area (Å²) < 4.78 is 3.41. The Balaban J connectivity index is 2.14. The zero-order chi connectivity index (χ0) is 18.8. The molecule has 0 aliphatic heterocycles. The predicted molar refractivity (Wildman–Crippen MR) is 103 cm³/mol. The molecule has 0 aromatic carbocycles. The molecule has 4 nitrogen and oxygen atoms in total. The van der Waals surface area contributed by atoms with Crippen molar-refractivity contribution in [3.63, 3.8) is 0 Å². The molecule has 136 valence electrons. The van der Waals surface area contributed by atoms with Gasteiger partial charge in [0.1, 0.15) is 0 Å². The van der Waals surface area contributed by atoms with Crippen molar-refractivity contribution >= 4 is 0 Å².